The molecule has 1 aliphatic carbocycles. The number of H-pyrrole nitrogens is 1. The predicted octanol–water partition coefficient (Wildman–Crippen LogP) is 3.62. The minimum Gasteiger partial charge on any atom is -0.337 e. The second-order valence-corrected chi connectivity index (χ2v) is 6.43. The van der Waals surface area contributed by atoms with Gasteiger partial charge < -0.3 is 4.98 Å². The van der Waals surface area contributed by atoms with E-state index in [-0.39, 0.29) is 11.2 Å². The average Bonchev–Trinajstić information content (AvgIpc) is 2.80. The summed E-state index contributed by atoms with van der Waals surface area (Å²) >= 11 is 0. The summed E-state index contributed by atoms with van der Waals surface area (Å²) in [6.07, 6.45) is 1.71. The van der Waals surface area contributed by atoms with Crippen molar-refractivity contribution in [2.24, 2.45) is 5.41 Å². The molecular weight excluding hydrogens is 262 g/mol. The van der Waals surface area contributed by atoms with Gasteiger partial charge in [-0.15, -0.1) is 0 Å². The Balaban J connectivity index is 2.10. The number of ketones is 1. The number of para-hydroxylation sites is 2. The number of aromatic amines is 1. The van der Waals surface area contributed by atoms with Crippen molar-refractivity contribution in [3.8, 4) is 6.07 Å². The largest absolute Gasteiger partial charge is 0.337 e. The molecule has 0 bridgehead atoms. The number of imidazole rings is 1. The molecule has 21 heavy (non-hydrogen) atoms. The van der Waals surface area contributed by atoms with E-state index in [2.05, 4.69) is 29.9 Å². The molecule has 4 nitrogen and oxygen atoms in total. The Bertz CT molecular complexity index is 757. The molecule has 0 saturated heterocycles. The van der Waals surface area contributed by atoms with Crippen LogP contribution in [0, 0.1) is 16.7 Å². The predicted molar refractivity (Wildman–Crippen MR) is 81.3 cm³/mol. The first-order valence-electron chi connectivity index (χ1n) is 7.07. The second-order valence-electron chi connectivity index (χ2n) is 6.43. The standard InChI is InChI=1S/C17H17N3O/c1-17(2)8-11(7-12(21)9-17)13(10-18)16-19-14-5-3-4-6-15(14)20-16/h3-6H,7-9H2,1-2H3,(H,19,20)/b13-11-. The van der Waals surface area contributed by atoms with E-state index in [0.29, 0.717) is 24.2 Å². The molecule has 1 fully saturated rings. The normalized spacial score (nSPS) is 20.3. The summed E-state index contributed by atoms with van der Waals surface area (Å²) < 4.78 is 0. The van der Waals surface area contributed by atoms with Crippen molar-refractivity contribution in [1.82, 2.24) is 9.97 Å². The molecule has 4 heteroatoms. The second kappa shape index (κ2) is 4.85. The minimum absolute atomic E-state index is 0.0845. The number of fused-ring (bicyclic) bond motifs is 1. The van der Waals surface area contributed by atoms with E-state index in [1.54, 1.807) is 0 Å². The molecule has 0 spiro atoms. The van der Waals surface area contributed by atoms with Gasteiger partial charge >= 0.3 is 0 Å². The zero-order valence-electron chi connectivity index (χ0n) is 12.2. The van der Waals surface area contributed by atoms with Gasteiger partial charge in [-0.05, 0) is 29.5 Å². The van der Waals surface area contributed by atoms with Gasteiger partial charge in [0.15, 0.2) is 0 Å². The summed E-state index contributed by atoms with van der Waals surface area (Å²) in [4.78, 5) is 19.6. The number of carbonyl (C=O) groups excluding carboxylic acids is 1. The Kier molecular flexibility index (Phi) is 3.13. The molecule has 0 atom stereocenters. The van der Waals surface area contributed by atoms with Gasteiger partial charge in [-0.25, -0.2) is 4.98 Å². The van der Waals surface area contributed by atoms with Gasteiger partial charge in [0, 0.05) is 12.8 Å². The van der Waals surface area contributed by atoms with Crippen molar-refractivity contribution in [3.05, 3.63) is 35.7 Å². The van der Waals surface area contributed by atoms with Crippen molar-refractivity contribution < 1.29 is 4.79 Å². The molecule has 0 radical (unpaired) electrons. The number of hydrogen-bond acceptors (Lipinski definition) is 3. The van der Waals surface area contributed by atoms with Gasteiger partial charge in [0.2, 0.25) is 0 Å². The number of rotatable bonds is 1. The Hall–Kier alpha value is -2.41. The Morgan fingerprint density at radius 2 is 2.10 bits per heavy atom. The molecule has 1 saturated carbocycles. The Morgan fingerprint density at radius 3 is 2.76 bits per heavy atom. The number of nitrogens with one attached hydrogen (secondary N) is 1. The molecular formula is C17H17N3O. The summed E-state index contributed by atoms with van der Waals surface area (Å²) in [6, 6.07) is 9.92. The van der Waals surface area contributed by atoms with E-state index in [1.807, 2.05) is 24.3 Å². The summed E-state index contributed by atoms with van der Waals surface area (Å²) in [5, 5.41) is 9.53. The third-order valence-corrected chi connectivity index (χ3v) is 3.87. The van der Waals surface area contributed by atoms with Crippen LogP contribution < -0.4 is 0 Å². The van der Waals surface area contributed by atoms with Crippen molar-refractivity contribution in [2.45, 2.75) is 33.1 Å². The number of nitriles is 1. The van der Waals surface area contributed by atoms with Crippen LogP contribution in [0.5, 0.6) is 0 Å². The highest BCUT2D eigenvalue weighted by atomic mass is 16.1. The van der Waals surface area contributed by atoms with Crippen molar-refractivity contribution in [2.75, 3.05) is 0 Å². The van der Waals surface area contributed by atoms with Crippen LogP contribution in [0.25, 0.3) is 16.6 Å². The summed E-state index contributed by atoms with van der Waals surface area (Å²) in [7, 11) is 0. The number of Topliss-reactive ketones (excluding diaryl/α,β-unsaturated/α-hetero) is 1. The Labute approximate surface area is 123 Å². The number of allylic oxidation sites excluding steroid dienone is 2. The van der Waals surface area contributed by atoms with E-state index in [0.717, 1.165) is 23.0 Å². The van der Waals surface area contributed by atoms with Crippen LogP contribution in [0.4, 0.5) is 0 Å². The first-order chi connectivity index (χ1) is 9.98. The highest BCUT2D eigenvalue weighted by Gasteiger charge is 2.31. The van der Waals surface area contributed by atoms with E-state index >= 15 is 0 Å². The number of benzene rings is 1. The average molecular weight is 279 g/mol. The van der Waals surface area contributed by atoms with Gasteiger partial charge in [0.1, 0.15) is 17.7 Å². The van der Waals surface area contributed by atoms with E-state index < -0.39 is 0 Å². The van der Waals surface area contributed by atoms with Crippen LogP contribution in [-0.2, 0) is 4.79 Å². The summed E-state index contributed by atoms with van der Waals surface area (Å²) in [6.45, 7) is 4.13. The maximum Gasteiger partial charge on any atom is 0.149 e. The lowest BCUT2D eigenvalue weighted by molar-refractivity contribution is -0.121. The molecule has 1 heterocycles. The van der Waals surface area contributed by atoms with Crippen LogP contribution >= 0.6 is 0 Å². The van der Waals surface area contributed by atoms with Gasteiger partial charge in [-0.2, -0.15) is 5.26 Å². The third kappa shape index (κ3) is 2.59. The summed E-state index contributed by atoms with van der Waals surface area (Å²) in [5.41, 5.74) is 3.08. The third-order valence-electron chi connectivity index (χ3n) is 3.87. The fourth-order valence-electron chi connectivity index (χ4n) is 3.08. The minimum atomic E-state index is -0.0845. The SMILES string of the molecule is CC1(C)CC(=O)C/C(=C(\C#N)c2nc3ccccc3[nH]2)C1. The van der Waals surface area contributed by atoms with Crippen LogP contribution in [0.15, 0.2) is 29.8 Å². The molecule has 2 aromatic rings. The lowest BCUT2D eigenvalue weighted by atomic mass is 9.73. The molecule has 3 rings (SSSR count). The van der Waals surface area contributed by atoms with Crippen molar-refractivity contribution in [1.29, 1.82) is 5.26 Å². The van der Waals surface area contributed by atoms with Crippen LogP contribution in [0.1, 0.15) is 38.9 Å². The van der Waals surface area contributed by atoms with E-state index in [4.69, 9.17) is 0 Å². The van der Waals surface area contributed by atoms with Gasteiger partial charge in [0.05, 0.1) is 16.6 Å². The van der Waals surface area contributed by atoms with E-state index in [1.165, 1.54) is 0 Å². The molecule has 1 aliphatic rings. The number of nitrogens with zero attached hydrogens (tertiary/aromatic N) is 2. The first kappa shape index (κ1) is 13.6. The fraction of sp³-hybridized carbons (Fsp3) is 0.353. The van der Waals surface area contributed by atoms with Gasteiger partial charge in [-0.3, -0.25) is 4.79 Å². The topological polar surface area (TPSA) is 69.5 Å². The number of aromatic nitrogens is 2. The quantitative estimate of drug-likeness (QED) is 0.810. The maximum absolute atomic E-state index is 11.9. The monoisotopic (exact) mass is 279 g/mol. The summed E-state index contributed by atoms with van der Waals surface area (Å²) in [5.74, 6) is 0.768. The maximum atomic E-state index is 11.9. The zero-order valence-corrected chi connectivity index (χ0v) is 12.2. The molecule has 1 aromatic carbocycles. The van der Waals surface area contributed by atoms with Crippen LogP contribution in [-0.4, -0.2) is 15.8 Å². The van der Waals surface area contributed by atoms with Crippen molar-refractivity contribution >= 4 is 22.4 Å². The smallest absolute Gasteiger partial charge is 0.149 e. The van der Waals surface area contributed by atoms with Crippen molar-refractivity contribution in [3.63, 3.8) is 0 Å². The van der Waals surface area contributed by atoms with Gasteiger partial charge in [0.25, 0.3) is 0 Å². The molecule has 1 aromatic heterocycles. The molecule has 106 valence electrons. The lowest BCUT2D eigenvalue weighted by Crippen LogP contribution is -2.24. The zero-order chi connectivity index (χ0) is 15.0. The molecule has 1 N–H and O–H groups in total. The molecule has 0 unspecified atom stereocenters. The lowest BCUT2D eigenvalue weighted by Gasteiger charge is -2.30. The van der Waals surface area contributed by atoms with Gasteiger partial charge in [-0.1, -0.05) is 26.0 Å². The molecule has 0 amide bonds. The van der Waals surface area contributed by atoms with E-state index in [9.17, 15) is 10.1 Å². The van der Waals surface area contributed by atoms with Crippen LogP contribution in [0.2, 0.25) is 0 Å². The highest BCUT2D eigenvalue weighted by molar-refractivity contribution is 5.89. The fourth-order valence-corrected chi connectivity index (χ4v) is 3.08. The van der Waals surface area contributed by atoms with Crippen LogP contribution in [0.3, 0.4) is 0 Å². The Morgan fingerprint density at radius 1 is 1.33 bits per heavy atom. The number of carbonyl (C=O) groups is 1. The number of hydrogen-bond donors (Lipinski definition) is 1. The first-order valence-corrected chi connectivity index (χ1v) is 7.07. The molecule has 0 aliphatic heterocycles. The highest BCUT2D eigenvalue weighted by Crippen LogP contribution is 2.39.